The number of nitrogens with two attached hydrogens (primary N) is 1. The molecule has 3 N–H and O–H groups in total. The molecule has 1 fully saturated rings. The number of rotatable bonds is 3. The standard InChI is InChI=1S/C16H19N3O/c17-15-13-8-4-3-7-12(13)9-14(19-15)16(20)18-10-11-5-1-2-6-11/h3-4,7-9,11H,1-2,5-6,10H2,(H2,17,19)(H,18,20). The van der Waals surface area contributed by atoms with Crippen LogP contribution in [-0.4, -0.2) is 17.4 Å². The maximum Gasteiger partial charge on any atom is 0.270 e. The van der Waals surface area contributed by atoms with E-state index in [2.05, 4.69) is 10.3 Å². The van der Waals surface area contributed by atoms with Gasteiger partial charge in [-0.3, -0.25) is 4.79 Å². The van der Waals surface area contributed by atoms with E-state index in [9.17, 15) is 4.79 Å². The fourth-order valence-corrected chi connectivity index (χ4v) is 2.88. The number of fused-ring (bicyclic) bond motifs is 1. The van der Waals surface area contributed by atoms with E-state index in [0.29, 0.717) is 17.4 Å². The van der Waals surface area contributed by atoms with Gasteiger partial charge in [0.25, 0.3) is 5.91 Å². The van der Waals surface area contributed by atoms with Gasteiger partial charge in [-0.15, -0.1) is 0 Å². The Hall–Kier alpha value is -2.10. The monoisotopic (exact) mass is 269 g/mol. The predicted molar refractivity (Wildman–Crippen MR) is 80.4 cm³/mol. The van der Waals surface area contributed by atoms with Gasteiger partial charge in [-0.1, -0.05) is 37.1 Å². The number of pyridine rings is 1. The van der Waals surface area contributed by atoms with Gasteiger partial charge in [-0.25, -0.2) is 4.98 Å². The number of benzene rings is 1. The summed E-state index contributed by atoms with van der Waals surface area (Å²) in [5.74, 6) is 0.903. The number of nitrogens with one attached hydrogen (secondary N) is 1. The number of hydrogen-bond donors (Lipinski definition) is 2. The summed E-state index contributed by atoms with van der Waals surface area (Å²) in [4.78, 5) is 16.4. The first-order valence-electron chi connectivity index (χ1n) is 7.17. The Kier molecular flexibility index (Phi) is 3.54. The average Bonchev–Trinajstić information content (AvgIpc) is 2.98. The van der Waals surface area contributed by atoms with E-state index in [1.54, 1.807) is 6.07 Å². The van der Waals surface area contributed by atoms with Gasteiger partial charge in [-0.2, -0.15) is 0 Å². The zero-order valence-electron chi connectivity index (χ0n) is 11.4. The number of nitrogen functional groups attached to an aromatic ring is 1. The van der Waals surface area contributed by atoms with Gasteiger partial charge in [0.2, 0.25) is 0 Å². The fourth-order valence-electron chi connectivity index (χ4n) is 2.88. The second-order valence-electron chi connectivity index (χ2n) is 5.47. The summed E-state index contributed by atoms with van der Waals surface area (Å²) in [5, 5.41) is 4.81. The number of nitrogens with zero attached hydrogens (tertiary/aromatic N) is 1. The molecule has 2 aromatic rings. The van der Waals surface area contributed by atoms with E-state index in [0.717, 1.165) is 17.3 Å². The molecule has 0 saturated heterocycles. The van der Waals surface area contributed by atoms with Crippen molar-refractivity contribution in [1.29, 1.82) is 0 Å². The van der Waals surface area contributed by atoms with Crippen LogP contribution in [0.3, 0.4) is 0 Å². The highest BCUT2D eigenvalue weighted by Gasteiger charge is 2.17. The largest absolute Gasteiger partial charge is 0.383 e. The number of anilines is 1. The topological polar surface area (TPSA) is 68.0 Å². The lowest BCUT2D eigenvalue weighted by atomic mass is 10.1. The molecule has 1 amide bonds. The molecule has 1 heterocycles. The molecule has 0 unspecified atom stereocenters. The lowest BCUT2D eigenvalue weighted by Gasteiger charge is -2.11. The summed E-state index contributed by atoms with van der Waals surface area (Å²) in [5.41, 5.74) is 6.32. The minimum absolute atomic E-state index is 0.130. The van der Waals surface area contributed by atoms with Gasteiger partial charge in [0.05, 0.1) is 0 Å². The van der Waals surface area contributed by atoms with Crippen molar-refractivity contribution in [2.75, 3.05) is 12.3 Å². The quantitative estimate of drug-likeness (QED) is 0.900. The fraction of sp³-hybridized carbons (Fsp3) is 0.375. The lowest BCUT2D eigenvalue weighted by molar-refractivity contribution is 0.0942. The molecule has 0 bridgehead atoms. The van der Waals surface area contributed by atoms with Crippen LogP contribution in [0.5, 0.6) is 0 Å². The Morgan fingerprint density at radius 2 is 2.05 bits per heavy atom. The highest BCUT2D eigenvalue weighted by atomic mass is 16.1. The van der Waals surface area contributed by atoms with E-state index >= 15 is 0 Å². The predicted octanol–water partition coefficient (Wildman–Crippen LogP) is 2.74. The van der Waals surface area contributed by atoms with Gasteiger partial charge in [0, 0.05) is 11.9 Å². The first kappa shape index (κ1) is 12.9. The molecular weight excluding hydrogens is 250 g/mol. The number of hydrogen-bond acceptors (Lipinski definition) is 3. The number of carbonyl (C=O) groups excluding carboxylic acids is 1. The third-order valence-corrected chi connectivity index (χ3v) is 4.03. The minimum atomic E-state index is -0.130. The molecule has 0 aliphatic heterocycles. The zero-order valence-corrected chi connectivity index (χ0v) is 11.4. The lowest BCUT2D eigenvalue weighted by Crippen LogP contribution is -2.29. The van der Waals surface area contributed by atoms with Crippen LogP contribution in [0.15, 0.2) is 30.3 Å². The van der Waals surface area contributed by atoms with Gasteiger partial charge in [0.15, 0.2) is 0 Å². The number of amides is 1. The van der Waals surface area contributed by atoms with Crippen molar-refractivity contribution in [1.82, 2.24) is 10.3 Å². The van der Waals surface area contributed by atoms with Crippen molar-refractivity contribution in [2.45, 2.75) is 25.7 Å². The summed E-state index contributed by atoms with van der Waals surface area (Å²) in [7, 11) is 0. The third-order valence-electron chi connectivity index (χ3n) is 4.03. The Morgan fingerprint density at radius 3 is 2.85 bits per heavy atom. The smallest absolute Gasteiger partial charge is 0.270 e. The molecule has 0 atom stereocenters. The maximum atomic E-state index is 12.2. The second kappa shape index (κ2) is 5.49. The number of carbonyl (C=O) groups is 1. The zero-order chi connectivity index (χ0) is 13.9. The summed E-state index contributed by atoms with van der Waals surface area (Å²) < 4.78 is 0. The molecule has 1 aliphatic carbocycles. The molecule has 0 radical (unpaired) electrons. The Balaban J connectivity index is 1.77. The normalized spacial score (nSPS) is 15.6. The molecule has 1 saturated carbocycles. The van der Waals surface area contributed by atoms with Crippen LogP contribution in [0.1, 0.15) is 36.2 Å². The van der Waals surface area contributed by atoms with E-state index < -0.39 is 0 Å². The van der Waals surface area contributed by atoms with Gasteiger partial charge in [0.1, 0.15) is 11.5 Å². The molecule has 1 aromatic carbocycles. The maximum absolute atomic E-state index is 12.2. The molecule has 20 heavy (non-hydrogen) atoms. The first-order valence-corrected chi connectivity index (χ1v) is 7.17. The van der Waals surface area contributed by atoms with Crippen LogP contribution in [0, 0.1) is 5.92 Å². The molecule has 104 valence electrons. The van der Waals surface area contributed by atoms with Crippen LogP contribution in [0.25, 0.3) is 10.8 Å². The Bertz CT molecular complexity index is 633. The highest BCUT2D eigenvalue weighted by Crippen LogP contribution is 2.24. The molecular formula is C16H19N3O. The third kappa shape index (κ3) is 2.59. The summed E-state index contributed by atoms with van der Waals surface area (Å²) >= 11 is 0. The summed E-state index contributed by atoms with van der Waals surface area (Å²) in [6.07, 6.45) is 4.99. The highest BCUT2D eigenvalue weighted by molar-refractivity contribution is 5.99. The van der Waals surface area contributed by atoms with Crippen molar-refractivity contribution in [3.05, 3.63) is 36.0 Å². The van der Waals surface area contributed by atoms with Crippen molar-refractivity contribution in [2.24, 2.45) is 5.92 Å². The van der Waals surface area contributed by atoms with E-state index in [-0.39, 0.29) is 5.91 Å². The molecule has 3 rings (SSSR count). The van der Waals surface area contributed by atoms with Crippen LogP contribution >= 0.6 is 0 Å². The Labute approximate surface area is 118 Å². The van der Waals surface area contributed by atoms with Crippen molar-refractivity contribution in [3.8, 4) is 0 Å². The van der Waals surface area contributed by atoms with E-state index in [1.165, 1.54) is 25.7 Å². The molecule has 1 aliphatic rings. The molecule has 4 nitrogen and oxygen atoms in total. The van der Waals surface area contributed by atoms with Crippen LogP contribution in [0.2, 0.25) is 0 Å². The van der Waals surface area contributed by atoms with Gasteiger partial charge in [-0.05, 0) is 30.2 Å². The van der Waals surface area contributed by atoms with Crippen molar-refractivity contribution in [3.63, 3.8) is 0 Å². The summed E-state index contributed by atoms with van der Waals surface area (Å²) in [6.45, 7) is 0.743. The average molecular weight is 269 g/mol. The minimum Gasteiger partial charge on any atom is -0.383 e. The molecule has 4 heteroatoms. The van der Waals surface area contributed by atoms with Gasteiger partial charge < -0.3 is 11.1 Å². The van der Waals surface area contributed by atoms with Crippen LogP contribution in [0.4, 0.5) is 5.82 Å². The van der Waals surface area contributed by atoms with E-state index in [1.807, 2.05) is 24.3 Å². The van der Waals surface area contributed by atoms with E-state index in [4.69, 9.17) is 5.73 Å². The Morgan fingerprint density at radius 1 is 1.30 bits per heavy atom. The van der Waals surface area contributed by atoms with Crippen molar-refractivity contribution >= 4 is 22.5 Å². The van der Waals surface area contributed by atoms with Crippen LogP contribution < -0.4 is 11.1 Å². The molecule has 0 spiro atoms. The summed E-state index contributed by atoms with van der Waals surface area (Å²) in [6, 6.07) is 9.51. The van der Waals surface area contributed by atoms with Crippen LogP contribution in [-0.2, 0) is 0 Å². The SMILES string of the molecule is Nc1nc(C(=O)NCC2CCCC2)cc2ccccc12. The second-order valence-corrected chi connectivity index (χ2v) is 5.47. The van der Waals surface area contributed by atoms with Crippen molar-refractivity contribution < 1.29 is 4.79 Å². The first-order chi connectivity index (χ1) is 9.74. The molecule has 1 aromatic heterocycles. The van der Waals surface area contributed by atoms with Gasteiger partial charge >= 0.3 is 0 Å². The number of aromatic nitrogens is 1.